The zero-order valence-corrected chi connectivity index (χ0v) is 13.4. The first-order valence-corrected chi connectivity index (χ1v) is 7.88. The van der Waals surface area contributed by atoms with E-state index in [1.165, 1.54) is 0 Å². The van der Waals surface area contributed by atoms with Crippen LogP contribution in [0.5, 0.6) is 0 Å². The average Bonchev–Trinajstić information content (AvgIpc) is 3.03. The molecule has 2 unspecified atom stereocenters. The molecule has 2 atom stereocenters. The summed E-state index contributed by atoms with van der Waals surface area (Å²) >= 11 is 1.59. The van der Waals surface area contributed by atoms with E-state index in [9.17, 15) is 14.7 Å². The SMILES string of the molecule is Cc1csc(C(C)CNC(=O)N2CCC(C)(C(=O)O)C2)n1. The number of nitrogens with one attached hydrogen (secondary N) is 1. The van der Waals surface area contributed by atoms with Crippen molar-refractivity contribution in [1.82, 2.24) is 15.2 Å². The van der Waals surface area contributed by atoms with E-state index in [2.05, 4.69) is 10.3 Å². The first-order chi connectivity index (χ1) is 9.82. The van der Waals surface area contributed by atoms with Gasteiger partial charge in [-0.05, 0) is 20.3 Å². The Labute approximate surface area is 128 Å². The van der Waals surface area contributed by atoms with Gasteiger partial charge in [-0.2, -0.15) is 0 Å². The standard InChI is InChI=1S/C14H21N3O3S/c1-9(11-16-10(2)7-21-11)6-15-13(20)17-5-4-14(3,8-17)12(18)19/h7,9H,4-6,8H2,1-3H3,(H,15,20)(H,18,19). The van der Waals surface area contributed by atoms with E-state index in [0.717, 1.165) is 10.7 Å². The second kappa shape index (κ2) is 6.01. The molecule has 1 aromatic heterocycles. The molecule has 0 aromatic carbocycles. The molecule has 2 N–H and O–H groups in total. The molecule has 1 aliphatic rings. The summed E-state index contributed by atoms with van der Waals surface area (Å²) in [5.74, 6) is -0.689. The maximum Gasteiger partial charge on any atom is 0.317 e. The number of aromatic nitrogens is 1. The number of thiazole rings is 1. The van der Waals surface area contributed by atoms with Crippen molar-refractivity contribution in [3.63, 3.8) is 0 Å². The van der Waals surface area contributed by atoms with Crippen LogP contribution in [0.3, 0.4) is 0 Å². The molecule has 7 heteroatoms. The number of nitrogens with zero attached hydrogens (tertiary/aromatic N) is 2. The van der Waals surface area contributed by atoms with Crippen molar-refractivity contribution >= 4 is 23.3 Å². The smallest absolute Gasteiger partial charge is 0.317 e. The number of rotatable bonds is 4. The summed E-state index contributed by atoms with van der Waals surface area (Å²) in [6.07, 6.45) is 0.497. The molecule has 2 amide bonds. The minimum Gasteiger partial charge on any atom is -0.481 e. The van der Waals surface area contributed by atoms with Crippen LogP contribution in [-0.2, 0) is 4.79 Å². The summed E-state index contributed by atoms with van der Waals surface area (Å²) in [6.45, 7) is 6.90. The van der Waals surface area contributed by atoms with Crippen molar-refractivity contribution in [2.45, 2.75) is 33.1 Å². The van der Waals surface area contributed by atoms with E-state index in [4.69, 9.17) is 0 Å². The Balaban J connectivity index is 1.84. The lowest BCUT2D eigenvalue weighted by molar-refractivity contribution is -0.146. The van der Waals surface area contributed by atoms with Crippen LogP contribution in [-0.4, -0.2) is 46.6 Å². The predicted molar refractivity (Wildman–Crippen MR) is 80.6 cm³/mol. The normalized spacial score (nSPS) is 23.1. The topological polar surface area (TPSA) is 82.5 Å². The number of urea groups is 1. The Kier molecular flexibility index (Phi) is 4.51. The van der Waals surface area contributed by atoms with Gasteiger partial charge in [-0.15, -0.1) is 11.3 Å². The van der Waals surface area contributed by atoms with Gasteiger partial charge in [0.15, 0.2) is 0 Å². The van der Waals surface area contributed by atoms with Gasteiger partial charge in [-0.3, -0.25) is 4.79 Å². The molecular formula is C14H21N3O3S. The Bertz CT molecular complexity index is 545. The summed E-state index contributed by atoms with van der Waals surface area (Å²) in [7, 11) is 0. The van der Waals surface area contributed by atoms with Crippen molar-refractivity contribution < 1.29 is 14.7 Å². The second-order valence-corrected chi connectivity index (χ2v) is 6.84. The lowest BCUT2D eigenvalue weighted by atomic mass is 9.90. The summed E-state index contributed by atoms with van der Waals surface area (Å²) in [4.78, 5) is 29.3. The highest BCUT2D eigenvalue weighted by Crippen LogP contribution is 2.30. The summed E-state index contributed by atoms with van der Waals surface area (Å²) in [5.41, 5.74) is 0.167. The lowest BCUT2D eigenvalue weighted by Gasteiger charge is -2.21. The number of amides is 2. The summed E-state index contributed by atoms with van der Waals surface area (Å²) < 4.78 is 0. The van der Waals surface area contributed by atoms with Crippen LogP contribution in [0.25, 0.3) is 0 Å². The minimum absolute atomic E-state index is 0.154. The van der Waals surface area contributed by atoms with Gasteiger partial charge < -0.3 is 15.3 Å². The highest BCUT2D eigenvalue weighted by molar-refractivity contribution is 7.09. The molecule has 2 rings (SSSR count). The van der Waals surface area contributed by atoms with Crippen LogP contribution in [0, 0.1) is 12.3 Å². The largest absolute Gasteiger partial charge is 0.481 e. The molecule has 0 bridgehead atoms. The number of hydrogen-bond acceptors (Lipinski definition) is 4. The van der Waals surface area contributed by atoms with Gasteiger partial charge in [0.1, 0.15) is 0 Å². The van der Waals surface area contributed by atoms with Gasteiger partial charge >= 0.3 is 12.0 Å². The molecule has 116 valence electrons. The maximum absolute atomic E-state index is 12.1. The van der Waals surface area contributed by atoms with Crippen molar-refractivity contribution in [1.29, 1.82) is 0 Å². The Morgan fingerprint density at radius 2 is 2.33 bits per heavy atom. The number of aliphatic carboxylic acids is 1. The highest BCUT2D eigenvalue weighted by Gasteiger charge is 2.42. The van der Waals surface area contributed by atoms with Gasteiger partial charge in [-0.1, -0.05) is 6.92 Å². The van der Waals surface area contributed by atoms with Crippen molar-refractivity contribution in [2.24, 2.45) is 5.41 Å². The van der Waals surface area contributed by atoms with Crippen LogP contribution in [0.1, 0.15) is 36.9 Å². The zero-order valence-electron chi connectivity index (χ0n) is 12.5. The number of carbonyl (C=O) groups is 2. The fourth-order valence-corrected chi connectivity index (χ4v) is 3.20. The summed E-state index contributed by atoms with van der Waals surface area (Å²) in [5, 5.41) is 15.0. The van der Waals surface area contributed by atoms with Crippen molar-refractivity contribution in [2.75, 3.05) is 19.6 Å². The number of hydrogen-bond donors (Lipinski definition) is 2. The third-order valence-electron chi connectivity index (χ3n) is 3.89. The minimum atomic E-state index is -0.843. The van der Waals surface area contributed by atoms with Crippen LogP contribution in [0.4, 0.5) is 4.79 Å². The van der Waals surface area contributed by atoms with Crippen LogP contribution in [0.15, 0.2) is 5.38 Å². The average molecular weight is 311 g/mol. The highest BCUT2D eigenvalue weighted by atomic mass is 32.1. The van der Waals surface area contributed by atoms with E-state index in [-0.39, 0.29) is 18.5 Å². The first-order valence-electron chi connectivity index (χ1n) is 7.00. The molecule has 0 aliphatic carbocycles. The quantitative estimate of drug-likeness (QED) is 0.891. The molecule has 6 nitrogen and oxygen atoms in total. The van der Waals surface area contributed by atoms with Crippen LogP contribution < -0.4 is 5.32 Å². The van der Waals surface area contributed by atoms with Gasteiger partial charge in [-0.25, -0.2) is 9.78 Å². The van der Waals surface area contributed by atoms with Crippen LogP contribution in [0.2, 0.25) is 0 Å². The monoisotopic (exact) mass is 311 g/mol. The van der Waals surface area contributed by atoms with E-state index in [1.807, 2.05) is 19.2 Å². The fourth-order valence-electron chi connectivity index (χ4n) is 2.35. The van der Waals surface area contributed by atoms with Crippen LogP contribution >= 0.6 is 11.3 Å². The lowest BCUT2D eigenvalue weighted by Crippen LogP contribution is -2.42. The van der Waals surface area contributed by atoms with Gasteiger partial charge in [0.05, 0.1) is 10.4 Å². The molecule has 1 aliphatic heterocycles. The predicted octanol–water partition coefficient (Wildman–Crippen LogP) is 2.06. The zero-order chi connectivity index (χ0) is 15.6. The molecular weight excluding hydrogens is 290 g/mol. The maximum atomic E-state index is 12.1. The molecule has 1 aromatic rings. The third kappa shape index (κ3) is 3.53. The van der Waals surface area contributed by atoms with E-state index >= 15 is 0 Å². The Hall–Kier alpha value is -1.63. The van der Waals surface area contributed by atoms with Crippen molar-refractivity contribution in [3.05, 3.63) is 16.1 Å². The fraction of sp³-hybridized carbons (Fsp3) is 0.643. The van der Waals surface area contributed by atoms with E-state index in [1.54, 1.807) is 23.2 Å². The first kappa shape index (κ1) is 15.8. The number of carbonyl (C=O) groups excluding carboxylic acids is 1. The number of carboxylic acid groups (broad SMARTS) is 1. The number of aryl methyl sites for hydroxylation is 1. The van der Waals surface area contributed by atoms with E-state index < -0.39 is 11.4 Å². The second-order valence-electron chi connectivity index (χ2n) is 5.95. The molecule has 21 heavy (non-hydrogen) atoms. The molecule has 1 fully saturated rings. The molecule has 0 radical (unpaired) electrons. The van der Waals surface area contributed by atoms with Gasteiger partial charge in [0.25, 0.3) is 0 Å². The van der Waals surface area contributed by atoms with Gasteiger partial charge in [0.2, 0.25) is 0 Å². The Morgan fingerprint density at radius 3 is 2.86 bits per heavy atom. The molecule has 0 spiro atoms. The van der Waals surface area contributed by atoms with E-state index in [0.29, 0.717) is 19.5 Å². The Morgan fingerprint density at radius 1 is 1.62 bits per heavy atom. The molecule has 1 saturated heterocycles. The molecule has 0 saturated carbocycles. The number of carboxylic acids is 1. The molecule has 2 heterocycles. The number of likely N-dealkylation sites (tertiary alicyclic amines) is 1. The van der Waals surface area contributed by atoms with Crippen molar-refractivity contribution in [3.8, 4) is 0 Å². The third-order valence-corrected chi connectivity index (χ3v) is 5.09. The summed E-state index contributed by atoms with van der Waals surface area (Å²) in [6, 6.07) is -0.194. The van der Waals surface area contributed by atoms with Gasteiger partial charge in [0, 0.05) is 36.6 Å².